The predicted molar refractivity (Wildman–Crippen MR) is 129 cm³/mol. The Labute approximate surface area is 200 Å². The predicted octanol–water partition coefficient (Wildman–Crippen LogP) is 5.01. The average Bonchev–Trinajstić information content (AvgIpc) is 3.19. The van der Waals surface area contributed by atoms with Crippen LogP contribution < -0.4 is 10.6 Å². The zero-order valence-electron chi connectivity index (χ0n) is 17.9. The first kappa shape index (κ1) is 23.0. The lowest BCUT2D eigenvalue weighted by Gasteiger charge is -2.13. The zero-order valence-corrected chi connectivity index (χ0v) is 19.4. The van der Waals surface area contributed by atoms with Gasteiger partial charge in [-0.25, -0.2) is 4.79 Å². The Balaban J connectivity index is 1.44. The van der Waals surface area contributed by atoms with Gasteiger partial charge in [-0.15, -0.1) is 11.3 Å². The van der Waals surface area contributed by atoms with Crippen molar-refractivity contribution in [3.63, 3.8) is 0 Å². The molecule has 2 amide bonds. The van der Waals surface area contributed by atoms with Gasteiger partial charge in [0.2, 0.25) is 0 Å². The molecule has 0 bridgehead atoms. The first-order valence-electron chi connectivity index (χ1n) is 10.7. The molecule has 6 nitrogen and oxygen atoms in total. The molecule has 2 aromatic carbocycles. The van der Waals surface area contributed by atoms with E-state index in [4.69, 9.17) is 16.3 Å². The molecule has 4 rings (SSSR count). The number of carbonyl (C=O) groups excluding carboxylic acids is 3. The van der Waals surface area contributed by atoms with Crippen molar-refractivity contribution in [1.82, 2.24) is 5.32 Å². The molecule has 1 aliphatic carbocycles. The monoisotopic (exact) mass is 482 g/mol. The van der Waals surface area contributed by atoms with Crippen molar-refractivity contribution in [3.8, 4) is 0 Å². The lowest BCUT2D eigenvalue weighted by molar-refractivity contribution is -0.119. The maximum absolute atomic E-state index is 13.1. The van der Waals surface area contributed by atoms with E-state index in [-0.39, 0.29) is 11.5 Å². The minimum absolute atomic E-state index is 0.218. The van der Waals surface area contributed by atoms with Crippen LogP contribution in [0.15, 0.2) is 54.6 Å². The van der Waals surface area contributed by atoms with Gasteiger partial charge in [0.25, 0.3) is 11.8 Å². The smallest absolute Gasteiger partial charge is 0.338 e. The van der Waals surface area contributed by atoms with Gasteiger partial charge in [-0.1, -0.05) is 48.0 Å². The van der Waals surface area contributed by atoms with Crippen molar-refractivity contribution in [1.29, 1.82) is 0 Å². The Kier molecular flexibility index (Phi) is 7.42. The molecule has 0 fully saturated rings. The molecule has 0 aliphatic heterocycles. The van der Waals surface area contributed by atoms with E-state index in [1.807, 2.05) is 30.3 Å². The fourth-order valence-corrected chi connectivity index (χ4v) is 5.25. The second kappa shape index (κ2) is 10.6. The Morgan fingerprint density at radius 2 is 1.79 bits per heavy atom. The lowest BCUT2D eigenvalue weighted by Crippen LogP contribution is -2.26. The summed E-state index contributed by atoms with van der Waals surface area (Å²) >= 11 is 7.32. The molecule has 8 heteroatoms. The van der Waals surface area contributed by atoms with E-state index in [2.05, 4.69) is 10.6 Å². The van der Waals surface area contributed by atoms with Crippen molar-refractivity contribution in [2.75, 3.05) is 11.9 Å². The number of carbonyl (C=O) groups is 3. The highest BCUT2D eigenvalue weighted by Crippen LogP contribution is 2.38. The maximum Gasteiger partial charge on any atom is 0.338 e. The summed E-state index contributed by atoms with van der Waals surface area (Å²) in [5.74, 6) is -1.36. The number of esters is 1. The second-order valence-electron chi connectivity index (χ2n) is 7.72. The van der Waals surface area contributed by atoms with Crippen LogP contribution in [0.3, 0.4) is 0 Å². The number of thiophene rings is 1. The van der Waals surface area contributed by atoms with Gasteiger partial charge in [0.1, 0.15) is 5.00 Å². The quantitative estimate of drug-likeness (QED) is 0.464. The number of hydrogen-bond donors (Lipinski definition) is 2. The first-order chi connectivity index (χ1) is 16.0. The maximum atomic E-state index is 13.1. The fourth-order valence-electron chi connectivity index (χ4n) is 3.75. The third kappa shape index (κ3) is 5.80. The largest absolute Gasteiger partial charge is 0.452 e. The van der Waals surface area contributed by atoms with E-state index in [0.717, 1.165) is 41.7 Å². The van der Waals surface area contributed by atoms with E-state index in [0.29, 0.717) is 22.1 Å². The van der Waals surface area contributed by atoms with Crippen molar-refractivity contribution in [2.24, 2.45) is 0 Å². The van der Waals surface area contributed by atoms with Crippen LogP contribution in [-0.2, 0) is 28.9 Å². The number of anilines is 1. The Morgan fingerprint density at radius 1 is 1.00 bits per heavy atom. The Bertz CT molecular complexity index is 1180. The second-order valence-corrected chi connectivity index (χ2v) is 9.26. The van der Waals surface area contributed by atoms with Crippen LogP contribution in [0.25, 0.3) is 0 Å². The number of nitrogens with one attached hydrogen (secondary N) is 2. The van der Waals surface area contributed by atoms with Gasteiger partial charge < -0.3 is 15.4 Å². The molecule has 3 aromatic rings. The van der Waals surface area contributed by atoms with Crippen LogP contribution >= 0.6 is 22.9 Å². The molecular weight excluding hydrogens is 460 g/mol. The summed E-state index contributed by atoms with van der Waals surface area (Å²) in [5.41, 5.74) is 2.78. The van der Waals surface area contributed by atoms with E-state index in [1.165, 1.54) is 17.4 Å². The van der Waals surface area contributed by atoms with Crippen molar-refractivity contribution in [3.05, 3.63) is 86.8 Å². The van der Waals surface area contributed by atoms with Gasteiger partial charge in [0.05, 0.1) is 11.1 Å². The molecule has 1 heterocycles. The summed E-state index contributed by atoms with van der Waals surface area (Å²) in [4.78, 5) is 38.9. The van der Waals surface area contributed by atoms with Crippen LogP contribution in [0, 0.1) is 0 Å². The summed E-state index contributed by atoms with van der Waals surface area (Å²) in [6, 6.07) is 16.0. The molecular formula is C25H23ClN2O4S. The van der Waals surface area contributed by atoms with Gasteiger partial charge in [-0.3, -0.25) is 9.59 Å². The summed E-state index contributed by atoms with van der Waals surface area (Å²) < 4.78 is 5.12. The van der Waals surface area contributed by atoms with Crippen LogP contribution in [0.4, 0.5) is 5.00 Å². The highest BCUT2D eigenvalue weighted by atomic mass is 35.5. The third-order valence-corrected chi connectivity index (χ3v) is 6.78. The van der Waals surface area contributed by atoms with E-state index in [9.17, 15) is 14.4 Å². The Morgan fingerprint density at radius 3 is 2.58 bits per heavy atom. The molecule has 1 aliphatic rings. The minimum atomic E-state index is -0.640. The summed E-state index contributed by atoms with van der Waals surface area (Å²) in [7, 11) is 0. The molecule has 0 atom stereocenters. The number of aryl methyl sites for hydroxylation is 1. The molecule has 2 N–H and O–H groups in total. The normalized spacial score (nSPS) is 12.5. The first-order valence-corrected chi connectivity index (χ1v) is 11.9. The SMILES string of the molecule is O=C(COC(=O)c1cccc(Cl)c1)Nc1sc2c(c1C(=O)NCc1ccccc1)CCCC2. The number of fused-ring (bicyclic) bond motifs is 1. The number of amides is 2. The van der Waals surface area contributed by atoms with Crippen molar-refractivity contribution >= 4 is 45.7 Å². The standard InChI is InChI=1S/C25H23ClN2O4S/c26-18-10-6-9-17(13-18)25(31)32-15-21(29)28-24-22(19-11-4-5-12-20(19)33-24)23(30)27-14-16-7-2-1-3-8-16/h1-3,6-10,13H,4-5,11-12,14-15H2,(H,27,30)(H,28,29). The van der Waals surface area contributed by atoms with Gasteiger partial charge in [-0.05, 0) is 55.0 Å². The highest BCUT2D eigenvalue weighted by Gasteiger charge is 2.26. The molecule has 170 valence electrons. The van der Waals surface area contributed by atoms with Gasteiger partial charge in [0.15, 0.2) is 6.61 Å². The van der Waals surface area contributed by atoms with E-state index >= 15 is 0 Å². The van der Waals surface area contributed by atoms with Gasteiger partial charge in [-0.2, -0.15) is 0 Å². The fraction of sp³-hybridized carbons (Fsp3) is 0.240. The number of hydrogen-bond acceptors (Lipinski definition) is 5. The van der Waals surface area contributed by atoms with Crippen LogP contribution in [0.2, 0.25) is 5.02 Å². The number of halogens is 1. The summed E-state index contributed by atoms with van der Waals surface area (Å²) in [5, 5.41) is 6.64. The van der Waals surface area contributed by atoms with Gasteiger partial charge in [0, 0.05) is 16.4 Å². The number of benzene rings is 2. The van der Waals surface area contributed by atoms with E-state index < -0.39 is 18.5 Å². The molecule has 0 unspecified atom stereocenters. The molecule has 1 aromatic heterocycles. The Hall–Kier alpha value is -3.16. The zero-order chi connectivity index (χ0) is 23.2. The van der Waals surface area contributed by atoms with Crippen LogP contribution in [-0.4, -0.2) is 24.4 Å². The summed E-state index contributed by atoms with van der Waals surface area (Å²) in [6.07, 6.45) is 3.76. The van der Waals surface area contributed by atoms with Crippen molar-refractivity contribution in [2.45, 2.75) is 32.2 Å². The molecule has 0 radical (unpaired) electrons. The van der Waals surface area contributed by atoms with Crippen LogP contribution in [0.1, 0.15) is 49.6 Å². The molecule has 0 spiro atoms. The van der Waals surface area contributed by atoms with Gasteiger partial charge >= 0.3 is 5.97 Å². The van der Waals surface area contributed by atoms with E-state index in [1.54, 1.807) is 18.2 Å². The lowest BCUT2D eigenvalue weighted by atomic mass is 9.95. The average molecular weight is 483 g/mol. The molecule has 0 saturated carbocycles. The van der Waals surface area contributed by atoms with Crippen molar-refractivity contribution < 1.29 is 19.1 Å². The highest BCUT2D eigenvalue weighted by molar-refractivity contribution is 7.17. The third-order valence-electron chi connectivity index (χ3n) is 5.34. The molecule has 33 heavy (non-hydrogen) atoms. The number of ether oxygens (including phenoxy) is 1. The summed E-state index contributed by atoms with van der Waals surface area (Å²) in [6.45, 7) is -0.0616. The number of rotatable bonds is 7. The topological polar surface area (TPSA) is 84.5 Å². The van der Waals surface area contributed by atoms with Crippen LogP contribution in [0.5, 0.6) is 0 Å². The minimum Gasteiger partial charge on any atom is -0.452 e. The molecule has 0 saturated heterocycles.